The third-order valence-electron chi connectivity index (χ3n) is 4.65. The molecule has 3 rings (SSSR count). The minimum Gasteiger partial charge on any atom is -0.480 e. The molecule has 24 heavy (non-hydrogen) atoms. The monoisotopic (exact) mass is 352 g/mol. The van der Waals surface area contributed by atoms with E-state index in [1.807, 2.05) is 26.8 Å². The highest BCUT2D eigenvalue weighted by Crippen LogP contribution is 2.46. The first-order chi connectivity index (χ1) is 11.1. The molecule has 2 aliphatic rings. The van der Waals surface area contributed by atoms with Crippen LogP contribution in [0.2, 0.25) is 5.02 Å². The van der Waals surface area contributed by atoms with E-state index in [0.29, 0.717) is 17.3 Å². The molecule has 130 valence electrons. The molecule has 3 atom stereocenters. The molecule has 1 unspecified atom stereocenters. The SMILES string of the molecule is CC(C)(C)C1N(c2cccc(Cl)c2)C(=O)O[C@@]12CN[C@H](C(=O)O)C2. The van der Waals surface area contributed by atoms with Gasteiger partial charge in [-0.05, 0) is 23.6 Å². The Labute approximate surface area is 145 Å². The Hall–Kier alpha value is -1.79. The molecule has 0 aliphatic carbocycles. The Kier molecular flexibility index (Phi) is 4.00. The fourth-order valence-corrected chi connectivity index (χ4v) is 4.11. The van der Waals surface area contributed by atoms with Crippen molar-refractivity contribution >= 4 is 29.4 Å². The number of amides is 1. The fourth-order valence-electron chi connectivity index (χ4n) is 3.92. The van der Waals surface area contributed by atoms with Gasteiger partial charge in [0.25, 0.3) is 0 Å². The molecule has 2 saturated heterocycles. The Morgan fingerprint density at radius 3 is 2.71 bits per heavy atom. The first-order valence-electron chi connectivity index (χ1n) is 7.88. The van der Waals surface area contributed by atoms with Gasteiger partial charge in [0.1, 0.15) is 11.6 Å². The van der Waals surface area contributed by atoms with Crippen LogP contribution < -0.4 is 10.2 Å². The number of rotatable bonds is 2. The molecule has 2 N–H and O–H groups in total. The fraction of sp³-hybridized carbons (Fsp3) is 0.529. The summed E-state index contributed by atoms with van der Waals surface area (Å²) in [5, 5.41) is 12.8. The molecule has 0 saturated carbocycles. The standard InChI is InChI=1S/C17H21ClN2O4/c1-16(2,3)14-17(8-12(13(21)22)19-9-17)24-15(23)20(14)11-6-4-5-10(18)7-11/h4-7,12,14,19H,8-9H2,1-3H3,(H,21,22)/t12-,14?,17-/m0/s1. The second-order valence-electron chi connectivity index (χ2n) is 7.53. The smallest absolute Gasteiger partial charge is 0.415 e. The van der Waals surface area contributed by atoms with Crippen molar-refractivity contribution in [2.45, 2.75) is 44.9 Å². The lowest BCUT2D eigenvalue weighted by Gasteiger charge is -2.40. The average molecular weight is 353 g/mol. The lowest BCUT2D eigenvalue weighted by atomic mass is 9.74. The third kappa shape index (κ3) is 2.74. The van der Waals surface area contributed by atoms with Gasteiger partial charge >= 0.3 is 12.1 Å². The zero-order chi connectivity index (χ0) is 17.7. The molecular formula is C17H21ClN2O4. The van der Waals surface area contributed by atoms with E-state index >= 15 is 0 Å². The van der Waals surface area contributed by atoms with Crippen LogP contribution in [0.3, 0.4) is 0 Å². The number of ether oxygens (including phenoxy) is 1. The summed E-state index contributed by atoms with van der Waals surface area (Å²) in [5.74, 6) is -0.934. The number of nitrogens with zero attached hydrogens (tertiary/aromatic N) is 1. The van der Waals surface area contributed by atoms with Gasteiger partial charge in [-0.25, -0.2) is 4.79 Å². The summed E-state index contributed by atoms with van der Waals surface area (Å²) < 4.78 is 5.75. The molecule has 2 fully saturated rings. The first kappa shape index (κ1) is 17.0. The summed E-state index contributed by atoms with van der Waals surface area (Å²) in [6, 6.07) is 6.02. The van der Waals surface area contributed by atoms with E-state index in [2.05, 4.69) is 5.32 Å². The van der Waals surface area contributed by atoms with Gasteiger partial charge in [-0.2, -0.15) is 0 Å². The Morgan fingerprint density at radius 2 is 2.17 bits per heavy atom. The molecule has 1 amide bonds. The van der Waals surface area contributed by atoms with Crippen molar-refractivity contribution in [3.05, 3.63) is 29.3 Å². The van der Waals surface area contributed by atoms with Crippen LogP contribution in [0.5, 0.6) is 0 Å². The van der Waals surface area contributed by atoms with Crippen LogP contribution >= 0.6 is 11.6 Å². The summed E-state index contributed by atoms with van der Waals surface area (Å²) in [6.07, 6.45) is -0.224. The number of nitrogens with one attached hydrogen (secondary N) is 1. The predicted molar refractivity (Wildman–Crippen MR) is 90.4 cm³/mol. The topological polar surface area (TPSA) is 78.9 Å². The molecule has 6 nitrogen and oxygen atoms in total. The lowest BCUT2D eigenvalue weighted by Crippen LogP contribution is -2.54. The second-order valence-corrected chi connectivity index (χ2v) is 7.96. The number of carbonyl (C=O) groups excluding carboxylic acids is 1. The number of aliphatic carboxylic acids is 1. The maximum Gasteiger partial charge on any atom is 0.415 e. The minimum absolute atomic E-state index is 0.243. The average Bonchev–Trinajstić information content (AvgIpc) is 3.00. The van der Waals surface area contributed by atoms with Gasteiger partial charge in [-0.15, -0.1) is 0 Å². The maximum atomic E-state index is 12.7. The van der Waals surface area contributed by atoms with Crippen molar-refractivity contribution in [1.82, 2.24) is 5.32 Å². The normalized spacial score (nSPS) is 30.0. The second kappa shape index (κ2) is 5.63. The van der Waals surface area contributed by atoms with Crippen molar-refractivity contribution < 1.29 is 19.4 Å². The predicted octanol–water partition coefficient (Wildman–Crippen LogP) is 2.90. The van der Waals surface area contributed by atoms with E-state index < -0.39 is 23.7 Å². The highest BCUT2D eigenvalue weighted by Gasteiger charge is 2.62. The minimum atomic E-state index is -0.934. The number of carboxylic acids is 1. The van der Waals surface area contributed by atoms with Crippen LogP contribution in [0.25, 0.3) is 0 Å². The Balaban J connectivity index is 2.04. The molecule has 0 bridgehead atoms. The van der Waals surface area contributed by atoms with E-state index in [0.717, 1.165) is 0 Å². The molecule has 7 heteroatoms. The molecule has 1 aromatic carbocycles. The summed E-state index contributed by atoms with van der Waals surface area (Å²) >= 11 is 6.08. The molecule has 1 aromatic rings. The maximum absolute atomic E-state index is 12.7. The van der Waals surface area contributed by atoms with Crippen LogP contribution in [0.15, 0.2) is 24.3 Å². The summed E-state index contributed by atoms with van der Waals surface area (Å²) in [4.78, 5) is 25.6. The molecular weight excluding hydrogens is 332 g/mol. The number of hydrogen-bond donors (Lipinski definition) is 2. The van der Waals surface area contributed by atoms with Crippen molar-refractivity contribution in [3.8, 4) is 0 Å². The lowest BCUT2D eigenvalue weighted by molar-refractivity contribution is -0.139. The number of anilines is 1. The number of hydrogen-bond acceptors (Lipinski definition) is 4. The third-order valence-corrected chi connectivity index (χ3v) is 4.88. The highest BCUT2D eigenvalue weighted by molar-refractivity contribution is 6.30. The number of carboxylic acid groups (broad SMARTS) is 1. The Morgan fingerprint density at radius 1 is 1.46 bits per heavy atom. The van der Waals surface area contributed by atoms with Crippen molar-refractivity contribution in [2.75, 3.05) is 11.4 Å². The van der Waals surface area contributed by atoms with Gasteiger partial charge in [-0.1, -0.05) is 38.4 Å². The van der Waals surface area contributed by atoms with Gasteiger partial charge < -0.3 is 15.2 Å². The first-order valence-corrected chi connectivity index (χ1v) is 8.26. The number of halogens is 1. The van der Waals surface area contributed by atoms with Gasteiger partial charge in [0.2, 0.25) is 0 Å². The van der Waals surface area contributed by atoms with E-state index in [-0.39, 0.29) is 17.9 Å². The van der Waals surface area contributed by atoms with Crippen LogP contribution in [-0.4, -0.2) is 41.4 Å². The quantitative estimate of drug-likeness (QED) is 0.855. The number of benzene rings is 1. The van der Waals surface area contributed by atoms with E-state index in [1.165, 1.54) is 0 Å². The summed E-state index contributed by atoms with van der Waals surface area (Å²) in [7, 11) is 0. The van der Waals surface area contributed by atoms with Crippen molar-refractivity contribution in [3.63, 3.8) is 0 Å². The van der Waals surface area contributed by atoms with Crippen LogP contribution in [0, 0.1) is 5.41 Å². The zero-order valence-electron chi connectivity index (χ0n) is 13.9. The largest absolute Gasteiger partial charge is 0.480 e. The molecule has 2 heterocycles. The van der Waals surface area contributed by atoms with E-state index in [1.54, 1.807) is 23.1 Å². The summed E-state index contributed by atoms with van der Waals surface area (Å²) in [5.41, 5.74) is -0.535. The van der Waals surface area contributed by atoms with Crippen LogP contribution in [-0.2, 0) is 9.53 Å². The molecule has 0 radical (unpaired) electrons. The van der Waals surface area contributed by atoms with Gasteiger partial charge in [0, 0.05) is 23.7 Å². The Bertz CT molecular complexity index is 687. The van der Waals surface area contributed by atoms with Gasteiger partial charge in [0.15, 0.2) is 0 Å². The molecule has 1 spiro atoms. The molecule has 0 aromatic heterocycles. The molecule has 2 aliphatic heterocycles. The number of carbonyl (C=O) groups is 2. The van der Waals surface area contributed by atoms with E-state index in [9.17, 15) is 14.7 Å². The highest BCUT2D eigenvalue weighted by atomic mass is 35.5. The van der Waals surface area contributed by atoms with E-state index in [4.69, 9.17) is 16.3 Å². The van der Waals surface area contributed by atoms with Crippen LogP contribution in [0.1, 0.15) is 27.2 Å². The van der Waals surface area contributed by atoms with Crippen LogP contribution in [0.4, 0.5) is 10.5 Å². The van der Waals surface area contributed by atoms with Crippen molar-refractivity contribution in [1.29, 1.82) is 0 Å². The van der Waals surface area contributed by atoms with Gasteiger partial charge in [-0.3, -0.25) is 9.69 Å². The van der Waals surface area contributed by atoms with Gasteiger partial charge in [0.05, 0.1) is 6.04 Å². The summed E-state index contributed by atoms with van der Waals surface area (Å²) in [6.45, 7) is 6.38. The van der Waals surface area contributed by atoms with Crippen molar-refractivity contribution in [2.24, 2.45) is 5.41 Å². The zero-order valence-corrected chi connectivity index (χ0v) is 14.6.